The SMILES string of the molecule is COc1ccc(CNC(=O)C2CCCN(S(=O)(=O)c3cc(C)ccc3OC)C2)cc1OC. The second-order valence-electron chi connectivity index (χ2n) is 7.76. The van der Waals surface area contributed by atoms with E-state index in [0.29, 0.717) is 43.2 Å². The number of piperidine rings is 1. The first kappa shape index (κ1) is 23.9. The first-order valence-electron chi connectivity index (χ1n) is 10.4. The maximum atomic E-state index is 13.3. The van der Waals surface area contributed by atoms with Crippen molar-refractivity contribution in [3.05, 3.63) is 47.5 Å². The fourth-order valence-electron chi connectivity index (χ4n) is 3.82. The molecule has 1 amide bonds. The number of methoxy groups -OCH3 is 3. The Bertz CT molecular complexity index is 1070. The van der Waals surface area contributed by atoms with Crippen LogP contribution >= 0.6 is 0 Å². The largest absolute Gasteiger partial charge is 0.495 e. The summed E-state index contributed by atoms with van der Waals surface area (Å²) in [7, 11) is 0.789. The molecule has 0 aromatic heterocycles. The number of ether oxygens (including phenoxy) is 3. The van der Waals surface area contributed by atoms with Gasteiger partial charge in [0.2, 0.25) is 15.9 Å². The summed E-state index contributed by atoms with van der Waals surface area (Å²) in [5.41, 5.74) is 1.69. The molecule has 3 rings (SSSR count). The summed E-state index contributed by atoms with van der Waals surface area (Å²) < 4.78 is 43.8. The number of nitrogens with one attached hydrogen (secondary N) is 1. The van der Waals surface area contributed by atoms with Gasteiger partial charge >= 0.3 is 0 Å². The molecule has 0 spiro atoms. The Morgan fingerprint density at radius 2 is 1.72 bits per heavy atom. The molecule has 1 atom stereocenters. The predicted molar refractivity (Wildman–Crippen MR) is 121 cm³/mol. The number of rotatable bonds is 8. The smallest absolute Gasteiger partial charge is 0.246 e. The number of aryl methyl sites for hydroxylation is 1. The van der Waals surface area contributed by atoms with E-state index in [0.717, 1.165) is 11.1 Å². The Morgan fingerprint density at radius 3 is 2.41 bits per heavy atom. The summed E-state index contributed by atoms with van der Waals surface area (Å²) in [4.78, 5) is 13.0. The van der Waals surface area contributed by atoms with Gasteiger partial charge in [-0.25, -0.2) is 8.42 Å². The van der Waals surface area contributed by atoms with Crippen molar-refractivity contribution in [2.45, 2.75) is 31.2 Å². The van der Waals surface area contributed by atoms with Crippen molar-refractivity contribution in [1.29, 1.82) is 0 Å². The van der Waals surface area contributed by atoms with Gasteiger partial charge in [-0.05, 0) is 55.2 Å². The lowest BCUT2D eigenvalue weighted by molar-refractivity contribution is -0.126. The Hall–Kier alpha value is -2.78. The average Bonchev–Trinajstić information content (AvgIpc) is 2.82. The fourth-order valence-corrected chi connectivity index (χ4v) is 5.59. The molecular weight excluding hydrogens is 432 g/mol. The zero-order valence-electron chi connectivity index (χ0n) is 18.9. The second-order valence-corrected chi connectivity index (χ2v) is 9.67. The summed E-state index contributed by atoms with van der Waals surface area (Å²) in [6, 6.07) is 10.5. The predicted octanol–water partition coefficient (Wildman–Crippen LogP) is 2.74. The molecule has 2 aromatic carbocycles. The van der Waals surface area contributed by atoms with E-state index in [1.54, 1.807) is 44.6 Å². The summed E-state index contributed by atoms with van der Waals surface area (Å²) >= 11 is 0. The van der Waals surface area contributed by atoms with Crippen LogP contribution in [0.2, 0.25) is 0 Å². The zero-order chi connectivity index (χ0) is 23.3. The standard InChI is InChI=1S/C23H30N2O6S/c1-16-7-9-20(30-3)22(12-16)32(27,28)25-11-5-6-18(15-25)23(26)24-14-17-8-10-19(29-2)21(13-17)31-4/h7-10,12-13,18H,5-6,11,14-15H2,1-4H3,(H,24,26). The average molecular weight is 463 g/mol. The van der Waals surface area contributed by atoms with Gasteiger partial charge in [-0.1, -0.05) is 12.1 Å². The lowest BCUT2D eigenvalue weighted by Crippen LogP contribution is -2.45. The number of amides is 1. The van der Waals surface area contributed by atoms with Crippen LogP contribution in [0.1, 0.15) is 24.0 Å². The first-order valence-corrected chi connectivity index (χ1v) is 11.9. The molecule has 1 aliphatic heterocycles. The van der Waals surface area contributed by atoms with Crippen LogP contribution in [0.3, 0.4) is 0 Å². The summed E-state index contributed by atoms with van der Waals surface area (Å²) in [6.45, 7) is 2.66. The van der Waals surface area contributed by atoms with Crippen molar-refractivity contribution in [2.75, 3.05) is 34.4 Å². The topological polar surface area (TPSA) is 94.2 Å². The molecule has 0 radical (unpaired) electrons. The molecule has 1 heterocycles. The maximum absolute atomic E-state index is 13.3. The normalized spacial score (nSPS) is 16.9. The third-order valence-electron chi connectivity index (χ3n) is 5.61. The van der Waals surface area contributed by atoms with E-state index >= 15 is 0 Å². The van der Waals surface area contributed by atoms with Crippen LogP contribution in [-0.2, 0) is 21.4 Å². The number of hydrogen-bond acceptors (Lipinski definition) is 6. The van der Waals surface area contributed by atoms with Crippen molar-refractivity contribution in [3.63, 3.8) is 0 Å². The third kappa shape index (κ3) is 5.16. The minimum Gasteiger partial charge on any atom is -0.495 e. The molecule has 0 saturated carbocycles. The molecule has 1 N–H and O–H groups in total. The molecule has 9 heteroatoms. The van der Waals surface area contributed by atoms with Gasteiger partial charge in [0.15, 0.2) is 11.5 Å². The Labute approximate surface area is 189 Å². The van der Waals surface area contributed by atoms with E-state index in [-0.39, 0.29) is 17.3 Å². The highest BCUT2D eigenvalue weighted by atomic mass is 32.2. The Balaban J connectivity index is 1.69. The summed E-state index contributed by atoms with van der Waals surface area (Å²) in [5, 5.41) is 2.92. The Kier molecular flexibility index (Phi) is 7.63. The van der Waals surface area contributed by atoms with Gasteiger partial charge in [-0.3, -0.25) is 4.79 Å². The molecule has 2 aromatic rings. The number of benzene rings is 2. The monoisotopic (exact) mass is 462 g/mol. The van der Waals surface area contributed by atoms with E-state index < -0.39 is 15.9 Å². The Morgan fingerprint density at radius 1 is 1.03 bits per heavy atom. The molecule has 174 valence electrons. The van der Waals surface area contributed by atoms with E-state index in [2.05, 4.69) is 5.32 Å². The highest BCUT2D eigenvalue weighted by molar-refractivity contribution is 7.89. The number of hydrogen-bond donors (Lipinski definition) is 1. The zero-order valence-corrected chi connectivity index (χ0v) is 19.7. The second kappa shape index (κ2) is 10.2. The van der Waals surface area contributed by atoms with Gasteiger partial charge in [0, 0.05) is 19.6 Å². The van der Waals surface area contributed by atoms with Crippen molar-refractivity contribution in [3.8, 4) is 17.2 Å². The molecule has 1 aliphatic rings. The molecule has 1 fully saturated rings. The van der Waals surface area contributed by atoms with Gasteiger partial charge in [-0.15, -0.1) is 0 Å². The van der Waals surface area contributed by atoms with Crippen LogP contribution < -0.4 is 19.5 Å². The molecule has 1 unspecified atom stereocenters. The minimum atomic E-state index is -3.78. The van der Waals surface area contributed by atoms with Gasteiger partial charge in [0.1, 0.15) is 10.6 Å². The lowest BCUT2D eigenvalue weighted by Gasteiger charge is -2.31. The molecule has 0 bridgehead atoms. The molecular formula is C23H30N2O6S. The van der Waals surface area contributed by atoms with Crippen molar-refractivity contribution >= 4 is 15.9 Å². The van der Waals surface area contributed by atoms with Crippen LogP contribution in [0.25, 0.3) is 0 Å². The van der Waals surface area contributed by atoms with Crippen LogP contribution in [0, 0.1) is 12.8 Å². The highest BCUT2D eigenvalue weighted by Gasteiger charge is 2.34. The summed E-state index contributed by atoms with van der Waals surface area (Å²) in [6.07, 6.45) is 1.25. The van der Waals surface area contributed by atoms with Crippen LogP contribution in [0.5, 0.6) is 17.2 Å². The van der Waals surface area contributed by atoms with Crippen LogP contribution in [0.4, 0.5) is 0 Å². The number of sulfonamides is 1. The van der Waals surface area contributed by atoms with Crippen molar-refractivity contribution < 1.29 is 27.4 Å². The van der Waals surface area contributed by atoms with Gasteiger partial charge < -0.3 is 19.5 Å². The fraction of sp³-hybridized carbons (Fsp3) is 0.435. The molecule has 1 saturated heterocycles. The van der Waals surface area contributed by atoms with E-state index in [1.165, 1.54) is 11.4 Å². The maximum Gasteiger partial charge on any atom is 0.246 e. The quantitative estimate of drug-likeness (QED) is 0.648. The minimum absolute atomic E-state index is 0.131. The van der Waals surface area contributed by atoms with Crippen LogP contribution in [-0.4, -0.2) is 53.0 Å². The molecule has 0 aliphatic carbocycles. The van der Waals surface area contributed by atoms with E-state index in [9.17, 15) is 13.2 Å². The van der Waals surface area contributed by atoms with Gasteiger partial charge in [-0.2, -0.15) is 4.31 Å². The van der Waals surface area contributed by atoms with E-state index in [1.807, 2.05) is 13.0 Å². The molecule has 8 nitrogen and oxygen atoms in total. The third-order valence-corrected chi connectivity index (χ3v) is 7.49. The van der Waals surface area contributed by atoms with Crippen LogP contribution in [0.15, 0.2) is 41.3 Å². The number of carbonyl (C=O) groups excluding carboxylic acids is 1. The highest BCUT2D eigenvalue weighted by Crippen LogP contribution is 2.31. The first-order chi connectivity index (χ1) is 15.3. The van der Waals surface area contributed by atoms with Crippen molar-refractivity contribution in [1.82, 2.24) is 9.62 Å². The number of nitrogens with zero attached hydrogens (tertiary/aromatic N) is 1. The lowest BCUT2D eigenvalue weighted by atomic mass is 9.98. The van der Waals surface area contributed by atoms with Gasteiger partial charge in [0.25, 0.3) is 0 Å². The number of carbonyl (C=O) groups is 1. The molecule has 32 heavy (non-hydrogen) atoms. The summed E-state index contributed by atoms with van der Waals surface area (Å²) in [5.74, 6) is 0.907. The van der Waals surface area contributed by atoms with Crippen molar-refractivity contribution in [2.24, 2.45) is 5.92 Å². The van der Waals surface area contributed by atoms with Gasteiger partial charge in [0.05, 0.1) is 27.2 Å². The van der Waals surface area contributed by atoms with E-state index in [4.69, 9.17) is 14.2 Å².